The summed E-state index contributed by atoms with van der Waals surface area (Å²) in [5.74, 6) is 1.03. The maximum absolute atomic E-state index is 12.2. The summed E-state index contributed by atoms with van der Waals surface area (Å²) in [6.45, 7) is 0.662. The highest BCUT2D eigenvalue weighted by Crippen LogP contribution is 2.25. The van der Waals surface area contributed by atoms with Crippen molar-refractivity contribution in [1.82, 2.24) is 5.32 Å². The van der Waals surface area contributed by atoms with E-state index in [-0.39, 0.29) is 12.0 Å². The Morgan fingerprint density at radius 3 is 2.75 bits per heavy atom. The lowest BCUT2D eigenvalue weighted by atomic mass is 9.87. The molecule has 0 radical (unpaired) electrons. The molecule has 0 spiro atoms. The number of rotatable bonds is 4. The third-order valence-electron chi connectivity index (χ3n) is 3.79. The van der Waals surface area contributed by atoms with E-state index in [0.29, 0.717) is 23.8 Å². The van der Waals surface area contributed by atoms with Crippen LogP contribution in [0.2, 0.25) is 0 Å². The first kappa shape index (κ1) is 15.3. The minimum absolute atomic E-state index is 0.0955. The van der Waals surface area contributed by atoms with Gasteiger partial charge in [0.05, 0.1) is 18.8 Å². The quantitative estimate of drug-likeness (QED) is 0.885. The maximum Gasteiger partial charge on any atom is 0.252 e. The molecule has 0 atom stereocenters. The third-order valence-corrected chi connectivity index (χ3v) is 4.48. The summed E-state index contributed by atoms with van der Waals surface area (Å²) in [5.41, 5.74) is 0.584. The van der Waals surface area contributed by atoms with Gasteiger partial charge >= 0.3 is 0 Å². The van der Waals surface area contributed by atoms with Crippen LogP contribution < -0.4 is 10.1 Å². The van der Waals surface area contributed by atoms with Crippen molar-refractivity contribution < 1.29 is 14.6 Å². The van der Waals surface area contributed by atoms with E-state index >= 15 is 0 Å². The lowest BCUT2D eigenvalue weighted by Gasteiger charge is -2.25. The fourth-order valence-electron chi connectivity index (χ4n) is 2.49. The van der Waals surface area contributed by atoms with Crippen LogP contribution in [0.1, 0.15) is 36.0 Å². The number of aliphatic hydroxyl groups is 1. The standard InChI is InChI=1S/C15H20BrNO3/c1-20-12-6-7-14(16)13(8-12)15(19)17-9-10-2-4-11(18)5-3-10/h6-8,10-11,18H,2-5,9H2,1H3,(H,17,19). The number of amides is 1. The maximum atomic E-state index is 12.2. The highest BCUT2D eigenvalue weighted by Gasteiger charge is 2.20. The molecule has 110 valence electrons. The van der Waals surface area contributed by atoms with Gasteiger partial charge in [-0.1, -0.05) is 0 Å². The van der Waals surface area contributed by atoms with E-state index in [1.54, 1.807) is 13.2 Å². The van der Waals surface area contributed by atoms with Gasteiger partial charge in [-0.3, -0.25) is 4.79 Å². The smallest absolute Gasteiger partial charge is 0.252 e. The Balaban J connectivity index is 1.91. The molecule has 20 heavy (non-hydrogen) atoms. The Bertz CT molecular complexity index is 470. The van der Waals surface area contributed by atoms with Crippen molar-refractivity contribution in [1.29, 1.82) is 0 Å². The molecule has 1 fully saturated rings. The molecule has 1 aromatic carbocycles. The molecule has 4 nitrogen and oxygen atoms in total. The molecule has 1 aliphatic carbocycles. The monoisotopic (exact) mass is 341 g/mol. The van der Waals surface area contributed by atoms with Crippen LogP contribution >= 0.6 is 15.9 Å². The van der Waals surface area contributed by atoms with Crippen molar-refractivity contribution in [3.8, 4) is 5.75 Å². The fraction of sp³-hybridized carbons (Fsp3) is 0.533. The number of halogens is 1. The number of aliphatic hydroxyl groups excluding tert-OH is 1. The van der Waals surface area contributed by atoms with E-state index in [2.05, 4.69) is 21.2 Å². The summed E-state index contributed by atoms with van der Waals surface area (Å²) < 4.78 is 5.90. The van der Waals surface area contributed by atoms with Gasteiger partial charge in [0, 0.05) is 11.0 Å². The molecule has 0 aromatic heterocycles. The Morgan fingerprint density at radius 1 is 1.40 bits per heavy atom. The lowest BCUT2D eigenvalue weighted by Crippen LogP contribution is -2.32. The molecule has 0 saturated heterocycles. The van der Waals surface area contributed by atoms with Crippen molar-refractivity contribution in [3.05, 3.63) is 28.2 Å². The Hall–Kier alpha value is -1.07. The van der Waals surface area contributed by atoms with Gasteiger partial charge in [-0.25, -0.2) is 0 Å². The summed E-state index contributed by atoms with van der Waals surface area (Å²) in [5, 5.41) is 12.4. The molecule has 1 saturated carbocycles. The number of hydrogen-bond acceptors (Lipinski definition) is 3. The molecule has 0 unspecified atom stereocenters. The minimum atomic E-state index is -0.158. The average Bonchev–Trinajstić information content (AvgIpc) is 2.47. The molecule has 2 N–H and O–H groups in total. The number of nitrogens with one attached hydrogen (secondary N) is 1. The topological polar surface area (TPSA) is 58.6 Å². The van der Waals surface area contributed by atoms with Crippen LogP contribution in [-0.2, 0) is 0 Å². The first-order valence-electron chi connectivity index (χ1n) is 6.90. The van der Waals surface area contributed by atoms with E-state index in [1.807, 2.05) is 12.1 Å². The van der Waals surface area contributed by atoms with Crippen molar-refractivity contribution in [2.45, 2.75) is 31.8 Å². The Labute approximate surface area is 127 Å². The van der Waals surface area contributed by atoms with E-state index in [4.69, 9.17) is 4.74 Å². The summed E-state index contributed by atoms with van der Waals surface area (Å²) in [4.78, 5) is 12.2. The van der Waals surface area contributed by atoms with Crippen molar-refractivity contribution >= 4 is 21.8 Å². The second kappa shape index (κ2) is 7.09. The second-order valence-corrected chi connectivity index (χ2v) is 6.08. The Kier molecular flexibility index (Phi) is 5.43. The number of carbonyl (C=O) groups excluding carboxylic acids is 1. The summed E-state index contributed by atoms with van der Waals surface area (Å²) in [6.07, 6.45) is 3.46. The largest absolute Gasteiger partial charge is 0.497 e. The van der Waals surface area contributed by atoms with Crippen molar-refractivity contribution in [3.63, 3.8) is 0 Å². The van der Waals surface area contributed by atoms with Crippen LogP contribution in [0.25, 0.3) is 0 Å². The molecule has 0 bridgehead atoms. The molecular formula is C15H20BrNO3. The number of hydrogen-bond donors (Lipinski definition) is 2. The first-order valence-corrected chi connectivity index (χ1v) is 7.69. The summed E-state index contributed by atoms with van der Waals surface area (Å²) in [7, 11) is 1.58. The number of carbonyl (C=O) groups is 1. The molecule has 5 heteroatoms. The zero-order valence-electron chi connectivity index (χ0n) is 11.6. The number of benzene rings is 1. The predicted molar refractivity (Wildman–Crippen MR) is 81.0 cm³/mol. The van der Waals surface area contributed by atoms with Crippen molar-refractivity contribution in [2.24, 2.45) is 5.92 Å². The predicted octanol–water partition coefficient (Wildman–Crippen LogP) is 2.74. The first-order chi connectivity index (χ1) is 9.60. The van der Waals surface area contributed by atoms with Crippen LogP contribution in [0, 0.1) is 5.92 Å². The average molecular weight is 342 g/mol. The molecular weight excluding hydrogens is 322 g/mol. The van der Waals surface area contributed by atoms with Crippen molar-refractivity contribution in [2.75, 3.05) is 13.7 Å². The van der Waals surface area contributed by atoms with Gasteiger partial charge in [0.15, 0.2) is 0 Å². The van der Waals surface area contributed by atoms with Crippen LogP contribution in [0.4, 0.5) is 0 Å². The number of ether oxygens (including phenoxy) is 1. The molecule has 2 rings (SSSR count). The van der Waals surface area contributed by atoms with Gasteiger partial charge in [0.25, 0.3) is 5.91 Å². The molecule has 1 aliphatic rings. The highest BCUT2D eigenvalue weighted by atomic mass is 79.9. The lowest BCUT2D eigenvalue weighted by molar-refractivity contribution is 0.0909. The van der Waals surface area contributed by atoms with E-state index in [0.717, 1.165) is 30.2 Å². The van der Waals surface area contributed by atoms with Crippen LogP contribution in [0.5, 0.6) is 5.75 Å². The van der Waals surface area contributed by atoms with E-state index in [1.165, 1.54) is 0 Å². The van der Waals surface area contributed by atoms with Crippen LogP contribution in [-0.4, -0.2) is 30.8 Å². The summed E-state index contributed by atoms with van der Waals surface area (Å²) >= 11 is 3.38. The SMILES string of the molecule is COc1ccc(Br)c(C(=O)NCC2CCC(O)CC2)c1. The fourth-order valence-corrected chi connectivity index (χ4v) is 2.91. The van der Waals surface area contributed by atoms with Gasteiger partial charge in [0.2, 0.25) is 0 Å². The van der Waals surface area contributed by atoms with Gasteiger partial charge in [0.1, 0.15) is 5.75 Å². The summed E-state index contributed by atoms with van der Waals surface area (Å²) in [6, 6.07) is 5.35. The number of methoxy groups -OCH3 is 1. The zero-order valence-corrected chi connectivity index (χ0v) is 13.1. The van der Waals surface area contributed by atoms with Gasteiger partial charge in [-0.2, -0.15) is 0 Å². The van der Waals surface area contributed by atoms with E-state index < -0.39 is 0 Å². The Morgan fingerprint density at radius 2 is 2.10 bits per heavy atom. The van der Waals surface area contributed by atoms with Gasteiger partial charge in [-0.15, -0.1) is 0 Å². The second-order valence-electron chi connectivity index (χ2n) is 5.23. The van der Waals surface area contributed by atoms with Crippen LogP contribution in [0.15, 0.2) is 22.7 Å². The zero-order chi connectivity index (χ0) is 14.5. The molecule has 1 amide bonds. The third kappa shape index (κ3) is 3.96. The van der Waals surface area contributed by atoms with Gasteiger partial charge in [-0.05, 0) is 65.7 Å². The molecule has 0 aliphatic heterocycles. The highest BCUT2D eigenvalue weighted by molar-refractivity contribution is 9.10. The van der Waals surface area contributed by atoms with Gasteiger partial charge < -0.3 is 15.2 Å². The molecule has 1 aromatic rings. The normalized spacial score (nSPS) is 22.4. The molecule has 0 heterocycles. The minimum Gasteiger partial charge on any atom is -0.497 e. The van der Waals surface area contributed by atoms with Crippen LogP contribution in [0.3, 0.4) is 0 Å². The van der Waals surface area contributed by atoms with E-state index in [9.17, 15) is 9.90 Å².